The topological polar surface area (TPSA) is 53.2 Å². The van der Waals surface area contributed by atoms with Gasteiger partial charge in [0, 0.05) is 18.4 Å². The van der Waals surface area contributed by atoms with Gasteiger partial charge in [0.15, 0.2) is 0 Å². The van der Waals surface area contributed by atoms with Crippen LogP contribution in [0.15, 0.2) is 24.3 Å². The number of nitriles is 1. The maximum Gasteiger partial charge on any atom is 0.126 e. The van der Waals surface area contributed by atoms with Crippen molar-refractivity contribution in [2.24, 2.45) is 5.92 Å². The number of hydrogen-bond donors (Lipinski definition) is 1. The van der Waals surface area contributed by atoms with Gasteiger partial charge in [-0.1, -0.05) is 100 Å². The van der Waals surface area contributed by atoms with Crippen molar-refractivity contribution >= 4 is 0 Å². The van der Waals surface area contributed by atoms with Gasteiger partial charge in [0.2, 0.25) is 0 Å². The molecule has 0 spiro atoms. The Balaban J connectivity index is 2.77. The number of nitrogens with zero attached hydrogens (tertiary/aromatic N) is 1. The van der Waals surface area contributed by atoms with Gasteiger partial charge in [0.1, 0.15) is 11.5 Å². The highest BCUT2D eigenvalue weighted by atomic mass is 16.5. The highest BCUT2D eigenvalue weighted by Crippen LogP contribution is 2.41. The molecule has 0 aliphatic carbocycles. The average Bonchev–Trinajstić information content (AvgIpc) is 2.71. The number of phenols is 1. The average molecular weight is 492 g/mol. The molecule has 0 fully saturated rings. The van der Waals surface area contributed by atoms with E-state index in [9.17, 15) is 5.11 Å². The number of benzene rings is 2. The predicted octanol–water partition coefficient (Wildman–Crippen LogP) is 8.76. The fourth-order valence-corrected chi connectivity index (χ4v) is 4.43. The van der Waals surface area contributed by atoms with Crippen molar-refractivity contribution in [2.75, 3.05) is 6.61 Å². The third kappa shape index (κ3) is 7.76. The van der Waals surface area contributed by atoms with Gasteiger partial charge in [-0.3, -0.25) is 0 Å². The van der Waals surface area contributed by atoms with Gasteiger partial charge in [-0.15, -0.1) is 0 Å². The summed E-state index contributed by atoms with van der Waals surface area (Å²) in [5.74, 6) is 1.76. The Morgan fingerprint density at radius 2 is 1.33 bits per heavy atom. The summed E-state index contributed by atoms with van der Waals surface area (Å²) >= 11 is 0. The normalized spacial score (nSPS) is 12.6. The second kappa shape index (κ2) is 11.3. The van der Waals surface area contributed by atoms with Crippen molar-refractivity contribution in [1.29, 1.82) is 5.26 Å². The summed E-state index contributed by atoms with van der Waals surface area (Å²) < 4.78 is 6.44. The SMILES string of the molecule is CC(C)Cc1cc(C(C)(C)C)cc(Cc2cc(C(C)(C)C)cc(C(C)(C)C)c2OCCCC#N)c1O. The van der Waals surface area contributed by atoms with Crippen LogP contribution in [0.2, 0.25) is 0 Å². The first kappa shape index (κ1) is 29.8. The molecule has 1 N–H and O–H groups in total. The Hall–Kier alpha value is -2.47. The number of hydrogen-bond acceptors (Lipinski definition) is 3. The summed E-state index contributed by atoms with van der Waals surface area (Å²) in [5.41, 5.74) is 6.60. The summed E-state index contributed by atoms with van der Waals surface area (Å²) in [5, 5.41) is 20.4. The lowest BCUT2D eigenvalue weighted by molar-refractivity contribution is 0.301. The molecule has 0 radical (unpaired) electrons. The van der Waals surface area contributed by atoms with Crippen LogP contribution in [-0.4, -0.2) is 11.7 Å². The van der Waals surface area contributed by atoms with Crippen molar-refractivity contribution in [3.63, 3.8) is 0 Å². The van der Waals surface area contributed by atoms with Crippen molar-refractivity contribution in [3.8, 4) is 17.6 Å². The summed E-state index contributed by atoms with van der Waals surface area (Å²) in [4.78, 5) is 0. The summed E-state index contributed by atoms with van der Waals surface area (Å²) in [6.07, 6.45) is 2.62. The lowest BCUT2D eigenvalue weighted by Crippen LogP contribution is -2.20. The van der Waals surface area contributed by atoms with Gasteiger partial charge in [0.25, 0.3) is 0 Å². The van der Waals surface area contributed by atoms with Crippen LogP contribution in [0.25, 0.3) is 0 Å². The minimum atomic E-state index is -0.112. The van der Waals surface area contributed by atoms with Gasteiger partial charge in [0.05, 0.1) is 12.7 Å². The molecule has 3 heteroatoms. The van der Waals surface area contributed by atoms with E-state index in [-0.39, 0.29) is 16.2 Å². The molecule has 36 heavy (non-hydrogen) atoms. The Morgan fingerprint density at radius 1 is 0.806 bits per heavy atom. The first-order valence-electron chi connectivity index (χ1n) is 13.5. The molecule has 0 unspecified atom stereocenters. The standard InChI is InChI=1S/C33H49NO2/c1-22(2)16-23-18-26(31(3,4)5)19-24(29(23)35)17-25-20-27(32(6,7)8)21-28(33(9,10)11)30(25)36-15-13-12-14-34/h18-22,35H,12-13,15-17H2,1-11H3. The van der Waals surface area contributed by atoms with Crippen molar-refractivity contribution in [1.82, 2.24) is 0 Å². The van der Waals surface area contributed by atoms with Crippen LogP contribution in [-0.2, 0) is 29.1 Å². The zero-order valence-corrected chi connectivity index (χ0v) is 24.7. The number of unbranched alkanes of at least 4 members (excludes halogenated alkanes) is 1. The van der Waals surface area contributed by atoms with Crippen LogP contribution in [0.5, 0.6) is 11.5 Å². The lowest BCUT2D eigenvalue weighted by atomic mass is 9.77. The minimum absolute atomic E-state index is 0.0192. The van der Waals surface area contributed by atoms with Gasteiger partial charge >= 0.3 is 0 Å². The van der Waals surface area contributed by atoms with Crippen LogP contribution in [0, 0.1) is 17.2 Å². The van der Waals surface area contributed by atoms with Gasteiger partial charge in [-0.05, 0) is 62.8 Å². The molecule has 3 nitrogen and oxygen atoms in total. The van der Waals surface area contributed by atoms with Crippen molar-refractivity contribution in [3.05, 3.63) is 57.6 Å². The summed E-state index contributed by atoms with van der Waals surface area (Å²) in [7, 11) is 0. The summed E-state index contributed by atoms with van der Waals surface area (Å²) in [6.45, 7) is 25.0. The fraction of sp³-hybridized carbons (Fsp3) is 0.606. The van der Waals surface area contributed by atoms with E-state index in [0.717, 1.165) is 28.9 Å². The highest BCUT2D eigenvalue weighted by Gasteiger charge is 2.27. The Morgan fingerprint density at radius 3 is 1.83 bits per heavy atom. The molecule has 0 aromatic heterocycles. The molecule has 0 saturated heterocycles. The second-order valence-corrected chi connectivity index (χ2v) is 13.8. The molecule has 0 heterocycles. The van der Waals surface area contributed by atoms with E-state index < -0.39 is 0 Å². The number of phenolic OH excluding ortho intramolecular Hbond substituents is 1. The molecule has 0 amide bonds. The molecule has 0 aliphatic rings. The van der Waals surface area contributed by atoms with E-state index in [2.05, 4.69) is 106 Å². The van der Waals surface area contributed by atoms with Crippen LogP contribution in [0.1, 0.15) is 122 Å². The maximum atomic E-state index is 11.4. The zero-order valence-electron chi connectivity index (χ0n) is 24.7. The third-order valence-corrected chi connectivity index (χ3v) is 6.66. The van der Waals surface area contributed by atoms with E-state index >= 15 is 0 Å². The van der Waals surface area contributed by atoms with Crippen molar-refractivity contribution in [2.45, 2.75) is 118 Å². The van der Waals surface area contributed by atoms with Crippen LogP contribution in [0.3, 0.4) is 0 Å². The summed E-state index contributed by atoms with van der Waals surface area (Å²) in [6, 6.07) is 11.1. The Kier molecular flexibility index (Phi) is 9.33. The molecule has 2 aromatic rings. The quantitative estimate of drug-likeness (QED) is 0.375. The first-order chi connectivity index (χ1) is 16.4. The maximum absolute atomic E-state index is 11.4. The van der Waals surface area contributed by atoms with Gasteiger partial charge in [-0.2, -0.15) is 5.26 Å². The number of rotatable bonds is 8. The largest absolute Gasteiger partial charge is 0.507 e. The number of ether oxygens (including phenoxy) is 1. The van der Waals surface area contributed by atoms with E-state index in [1.807, 2.05) is 0 Å². The highest BCUT2D eigenvalue weighted by molar-refractivity contribution is 5.54. The van der Waals surface area contributed by atoms with E-state index in [4.69, 9.17) is 10.00 Å². The Labute approximate surface area is 220 Å². The molecule has 0 aliphatic heterocycles. The molecule has 0 bridgehead atoms. The predicted molar refractivity (Wildman–Crippen MR) is 152 cm³/mol. The molecule has 0 atom stereocenters. The minimum Gasteiger partial charge on any atom is -0.507 e. The molecule has 0 saturated carbocycles. The molecule has 2 aromatic carbocycles. The zero-order chi connectivity index (χ0) is 27.5. The monoisotopic (exact) mass is 491 g/mol. The van der Waals surface area contributed by atoms with E-state index in [0.29, 0.717) is 37.5 Å². The number of aromatic hydroxyl groups is 1. The van der Waals surface area contributed by atoms with Crippen LogP contribution < -0.4 is 4.74 Å². The smallest absolute Gasteiger partial charge is 0.126 e. The molecular formula is C33H49NO2. The third-order valence-electron chi connectivity index (χ3n) is 6.66. The van der Waals surface area contributed by atoms with E-state index in [1.165, 1.54) is 16.7 Å². The first-order valence-corrected chi connectivity index (χ1v) is 13.5. The molecular weight excluding hydrogens is 442 g/mol. The lowest BCUT2D eigenvalue weighted by Gasteiger charge is -2.30. The van der Waals surface area contributed by atoms with Gasteiger partial charge in [-0.25, -0.2) is 0 Å². The fourth-order valence-electron chi connectivity index (χ4n) is 4.43. The second-order valence-electron chi connectivity index (χ2n) is 13.8. The molecule has 2 rings (SSSR count). The Bertz CT molecular complexity index is 1080. The van der Waals surface area contributed by atoms with Crippen LogP contribution in [0.4, 0.5) is 0 Å². The van der Waals surface area contributed by atoms with Crippen LogP contribution >= 0.6 is 0 Å². The molecule has 198 valence electrons. The van der Waals surface area contributed by atoms with Crippen molar-refractivity contribution < 1.29 is 9.84 Å². The van der Waals surface area contributed by atoms with Gasteiger partial charge < -0.3 is 9.84 Å². The van der Waals surface area contributed by atoms with E-state index in [1.54, 1.807) is 0 Å².